The van der Waals surface area contributed by atoms with Crippen LogP contribution in [0.25, 0.3) is 11.3 Å². The van der Waals surface area contributed by atoms with Crippen LogP contribution in [0.2, 0.25) is 0 Å². The summed E-state index contributed by atoms with van der Waals surface area (Å²) in [5.41, 5.74) is 10.7. The van der Waals surface area contributed by atoms with Crippen LogP contribution in [0.15, 0.2) is 24.3 Å². The molecule has 0 amide bonds. The van der Waals surface area contributed by atoms with Crippen molar-refractivity contribution in [2.45, 2.75) is 6.42 Å². The maximum absolute atomic E-state index is 5.93. The monoisotopic (exact) mass is 185 g/mol. The first-order valence-electron chi connectivity index (χ1n) is 4.67. The lowest BCUT2D eigenvalue weighted by atomic mass is 10.1. The zero-order valence-electron chi connectivity index (χ0n) is 7.99. The average molecular weight is 185 g/mol. The third-order valence-corrected chi connectivity index (χ3v) is 2.83. The summed E-state index contributed by atoms with van der Waals surface area (Å²) < 4.78 is 1.75. The third-order valence-electron chi connectivity index (χ3n) is 2.83. The number of nitrogens with zero attached hydrogens (tertiary/aromatic N) is 2. The molecule has 3 rings (SSSR count). The Kier molecular flexibility index (Phi) is 1.29. The van der Waals surface area contributed by atoms with E-state index < -0.39 is 0 Å². The second-order valence-corrected chi connectivity index (χ2v) is 3.67. The minimum Gasteiger partial charge on any atom is -0.384 e. The van der Waals surface area contributed by atoms with Crippen molar-refractivity contribution < 1.29 is 0 Å². The Morgan fingerprint density at radius 2 is 2.14 bits per heavy atom. The summed E-state index contributed by atoms with van der Waals surface area (Å²) in [4.78, 5) is 0. The molecule has 14 heavy (non-hydrogen) atoms. The fraction of sp³-hybridized carbons (Fsp3) is 0.182. The molecule has 0 unspecified atom stereocenters. The predicted molar refractivity (Wildman–Crippen MR) is 55.9 cm³/mol. The minimum absolute atomic E-state index is 0.788. The number of anilines is 1. The highest BCUT2D eigenvalue weighted by Gasteiger charge is 2.24. The van der Waals surface area contributed by atoms with Gasteiger partial charge in [0.1, 0.15) is 5.82 Å². The van der Waals surface area contributed by atoms with Crippen molar-refractivity contribution in [2.24, 2.45) is 7.05 Å². The van der Waals surface area contributed by atoms with E-state index in [-0.39, 0.29) is 0 Å². The van der Waals surface area contributed by atoms with Crippen molar-refractivity contribution in [3.8, 4) is 11.3 Å². The molecule has 0 radical (unpaired) electrons. The standard InChI is InChI=1S/C11H11N3/c1-14-11(12)9-6-7-4-2-3-5-8(7)10(9)13-14/h2-5H,6,12H2,1H3. The highest BCUT2D eigenvalue weighted by atomic mass is 15.3. The Hall–Kier alpha value is -1.77. The molecule has 1 aliphatic carbocycles. The van der Waals surface area contributed by atoms with Crippen LogP contribution < -0.4 is 5.73 Å². The highest BCUT2D eigenvalue weighted by molar-refractivity contribution is 5.77. The molecule has 2 N–H and O–H groups in total. The summed E-state index contributed by atoms with van der Waals surface area (Å²) in [6.45, 7) is 0. The third kappa shape index (κ3) is 0.789. The molecule has 0 saturated heterocycles. The van der Waals surface area contributed by atoms with Crippen molar-refractivity contribution in [3.05, 3.63) is 35.4 Å². The van der Waals surface area contributed by atoms with Gasteiger partial charge in [-0.25, -0.2) is 0 Å². The van der Waals surface area contributed by atoms with Crippen molar-refractivity contribution in [1.82, 2.24) is 9.78 Å². The summed E-state index contributed by atoms with van der Waals surface area (Å²) >= 11 is 0. The summed E-state index contributed by atoms with van der Waals surface area (Å²) in [7, 11) is 1.89. The number of aryl methyl sites for hydroxylation is 1. The molecular weight excluding hydrogens is 174 g/mol. The molecule has 1 heterocycles. The number of hydrogen-bond acceptors (Lipinski definition) is 2. The molecule has 3 nitrogen and oxygen atoms in total. The van der Waals surface area contributed by atoms with Crippen LogP contribution in [0.1, 0.15) is 11.1 Å². The van der Waals surface area contributed by atoms with E-state index in [1.807, 2.05) is 13.1 Å². The zero-order chi connectivity index (χ0) is 9.71. The van der Waals surface area contributed by atoms with Crippen molar-refractivity contribution in [2.75, 3.05) is 5.73 Å². The van der Waals surface area contributed by atoms with Crippen LogP contribution in [0.5, 0.6) is 0 Å². The molecule has 1 aromatic heterocycles. The van der Waals surface area contributed by atoms with E-state index in [1.54, 1.807) is 4.68 Å². The zero-order valence-corrected chi connectivity index (χ0v) is 7.99. The van der Waals surface area contributed by atoms with Gasteiger partial charge in [0.2, 0.25) is 0 Å². The SMILES string of the molecule is Cn1nc2c(c1N)Cc1ccccc1-2. The maximum Gasteiger partial charge on any atom is 0.125 e. The van der Waals surface area contributed by atoms with Crippen LogP contribution >= 0.6 is 0 Å². The van der Waals surface area contributed by atoms with E-state index in [2.05, 4.69) is 23.3 Å². The Morgan fingerprint density at radius 1 is 1.36 bits per heavy atom. The molecule has 0 saturated carbocycles. The van der Waals surface area contributed by atoms with Crippen molar-refractivity contribution in [1.29, 1.82) is 0 Å². The van der Waals surface area contributed by atoms with E-state index in [1.165, 1.54) is 16.7 Å². The molecule has 0 atom stereocenters. The van der Waals surface area contributed by atoms with Gasteiger partial charge in [-0.3, -0.25) is 4.68 Å². The van der Waals surface area contributed by atoms with Crippen LogP contribution in [0, 0.1) is 0 Å². The fourth-order valence-electron chi connectivity index (χ4n) is 2.07. The quantitative estimate of drug-likeness (QED) is 0.577. The number of nitrogen functional groups attached to an aromatic ring is 1. The number of fused-ring (bicyclic) bond motifs is 3. The number of nitrogens with two attached hydrogens (primary N) is 1. The summed E-state index contributed by atoms with van der Waals surface area (Å²) in [6, 6.07) is 8.34. The summed E-state index contributed by atoms with van der Waals surface area (Å²) in [5, 5.41) is 4.42. The Balaban J connectivity index is 2.31. The van der Waals surface area contributed by atoms with Gasteiger partial charge in [-0.1, -0.05) is 24.3 Å². The van der Waals surface area contributed by atoms with E-state index >= 15 is 0 Å². The fourth-order valence-corrected chi connectivity index (χ4v) is 2.07. The van der Waals surface area contributed by atoms with Gasteiger partial charge in [0, 0.05) is 24.6 Å². The molecule has 2 aromatic rings. The van der Waals surface area contributed by atoms with Gasteiger partial charge in [-0.05, 0) is 5.56 Å². The molecule has 0 aliphatic heterocycles. The van der Waals surface area contributed by atoms with Crippen LogP contribution in [-0.2, 0) is 13.5 Å². The van der Waals surface area contributed by atoms with Gasteiger partial charge in [-0.2, -0.15) is 5.10 Å². The lowest BCUT2D eigenvalue weighted by molar-refractivity contribution is 0.780. The van der Waals surface area contributed by atoms with E-state index in [0.717, 1.165) is 17.9 Å². The smallest absolute Gasteiger partial charge is 0.125 e. The average Bonchev–Trinajstić information content (AvgIpc) is 2.67. The first kappa shape index (κ1) is 7.62. The molecule has 1 aromatic carbocycles. The highest BCUT2D eigenvalue weighted by Crippen LogP contribution is 2.37. The number of benzene rings is 1. The molecule has 70 valence electrons. The Bertz CT molecular complexity index is 511. The summed E-state index contributed by atoms with van der Waals surface area (Å²) in [5.74, 6) is 0.788. The van der Waals surface area contributed by atoms with Crippen LogP contribution in [-0.4, -0.2) is 9.78 Å². The van der Waals surface area contributed by atoms with E-state index in [9.17, 15) is 0 Å². The normalized spacial score (nSPS) is 12.6. The predicted octanol–water partition coefficient (Wildman–Crippen LogP) is 1.57. The lowest BCUT2D eigenvalue weighted by Gasteiger charge is -1.99. The van der Waals surface area contributed by atoms with Crippen LogP contribution in [0.4, 0.5) is 5.82 Å². The first-order chi connectivity index (χ1) is 6.77. The number of aromatic nitrogens is 2. The molecule has 3 heteroatoms. The first-order valence-corrected chi connectivity index (χ1v) is 4.67. The molecule has 0 spiro atoms. The van der Waals surface area contributed by atoms with Gasteiger partial charge in [0.15, 0.2) is 0 Å². The molecule has 1 aliphatic rings. The molecule has 0 bridgehead atoms. The van der Waals surface area contributed by atoms with Crippen LogP contribution in [0.3, 0.4) is 0 Å². The number of rotatable bonds is 0. The second kappa shape index (κ2) is 2.38. The summed E-state index contributed by atoms with van der Waals surface area (Å²) in [6.07, 6.45) is 0.922. The largest absolute Gasteiger partial charge is 0.384 e. The van der Waals surface area contributed by atoms with Gasteiger partial charge in [-0.15, -0.1) is 0 Å². The van der Waals surface area contributed by atoms with E-state index in [4.69, 9.17) is 5.73 Å². The van der Waals surface area contributed by atoms with Gasteiger partial charge >= 0.3 is 0 Å². The van der Waals surface area contributed by atoms with E-state index in [0.29, 0.717) is 0 Å². The van der Waals surface area contributed by atoms with Crippen molar-refractivity contribution >= 4 is 5.82 Å². The Morgan fingerprint density at radius 3 is 3.00 bits per heavy atom. The van der Waals surface area contributed by atoms with Crippen molar-refractivity contribution in [3.63, 3.8) is 0 Å². The van der Waals surface area contributed by atoms with Gasteiger partial charge in [0.05, 0.1) is 5.69 Å². The lowest BCUT2D eigenvalue weighted by Crippen LogP contribution is -2.00. The molecular formula is C11H11N3. The Labute approximate surface area is 82.2 Å². The van der Waals surface area contributed by atoms with Gasteiger partial charge < -0.3 is 5.73 Å². The molecule has 0 fully saturated rings. The maximum atomic E-state index is 5.93. The minimum atomic E-state index is 0.788. The topological polar surface area (TPSA) is 43.8 Å². The van der Waals surface area contributed by atoms with Gasteiger partial charge in [0.25, 0.3) is 0 Å². The second-order valence-electron chi connectivity index (χ2n) is 3.67. The number of hydrogen-bond donors (Lipinski definition) is 1.